The molecule has 0 atom stereocenters. The molecule has 0 radical (unpaired) electrons. The lowest BCUT2D eigenvalue weighted by Crippen LogP contribution is -2.25. The topological polar surface area (TPSA) is 92.6 Å². The second-order valence-electron chi connectivity index (χ2n) is 7.35. The lowest BCUT2D eigenvalue weighted by atomic mass is 10.1. The third-order valence-corrected chi connectivity index (χ3v) is 5.98. The summed E-state index contributed by atoms with van der Waals surface area (Å²) in [4.78, 5) is 43.5. The van der Waals surface area contributed by atoms with Gasteiger partial charge in [0, 0.05) is 23.1 Å². The number of benzene rings is 2. The summed E-state index contributed by atoms with van der Waals surface area (Å²) >= 11 is 0.932. The van der Waals surface area contributed by atoms with Gasteiger partial charge in [0.2, 0.25) is 0 Å². The molecule has 4 aromatic rings. The van der Waals surface area contributed by atoms with Crippen molar-refractivity contribution in [3.8, 4) is 0 Å². The predicted molar refractivity (Wildman–Crippen MR) is 122 cm³/mol. The van der Waals surface area contributed by atoms with Crippen LogP contribution in [0.1, 0.15) is 37.0 Å². The van der Waals surface area contributed by atoms with Crippen molar-refractivity contribution in [2.45, 2.75) is 20.8 Å². The highest BCUT2D eigenvalue weighted by Gasteiger charge is 2.26. The van der Waals surface area contributed by atoms with Crippen LogP contribution in [-0.2, 0) is 0 Å². The summed E-state index contributed by atoms with van der Waals surface area (Å²) in [5.41, 5.74) is 2.85. The van der Waals surface area contributed by atoms with E-state index in [1.807, 2.05) is 26.0 Å². The molecule has 4 rings (SSSR count). The quantitative estimate of drug-likeness (QED) is 0.484. The Morgan fingerprint density at radius 2 is 1.56 bits per heavy atom. The zero-order valence-electron chi connectivity index (χ0n) is 17.5. The second kappa shape index (κ2) is 8.35. The van der Waals surface area contributed by atoms with Gasteiger partial charge in [-0.3, -0.25) is 14.4 Å². The first-order chi connectivity index (χ1) is 15.2. The second-order valence-corrected chi connectivity index (χ2v) is 8.33. The van der Waals surface area contributed by atoms with Crippen molar-refractivity contribution >= 4 is 39.5 Å². The third-order valence-electron chi connectivity index (χ3n) is 4.94. The number of hydrogen-bond acceptors (Lipinski definition) is 5. The van der Waals surface area contributed by atoms with Gasteiger partial charge in [0.25, 0.3) is 17.4 Å². The van der Waals surface area contributed by atoms with Crippen LogP contribution in [-0.4, -0.2) is 21.2 Å². The lowest BCUT2D eigenvalue weighted by molar-refractivity contribution is 0.0989. The van der Waals surface area contributed by atoms with Gasteiger partial charge in [-0.15, -0.1) is 0 Å². The van der Waals surface area contributed by atoms with Gasteiger partial charge in [-0.2, -0.15) is 0 Å². The molecule has 9 heteroatoms. The molecule has 0 aliphatic carbocycles. The summed E-state index contributed by atoms with van der Waals surface area (Å²) in [5, 5.41) is 5.40. The summed E-state index contributed by atoms with van der Waals surface area (Å²) in [5.74, 6) is -1.66. The number of fused-ring (bicyclic) bond motifs is 1. The zero-order chi connectivity index (χ0) is 23.0. The van der Waals surface area contributed by atoms with Crippen LogP contribution in [0, 0.1) is 26.6 Å². The molecular weight excluding hydrogens is 431 g/mol. The Labute approximate surface area is 186 Å². The summed E-state index contributed by atoms with van der Waals surface area (Å²) in [6, 6.07) is 12.0. The van der Waals surface area contributed by atoms with Crippen LogP contribution in [0.5, 0.6) is 0 Å². The van der Waals surface area contributed by atoms with Crippen molar-refractivity contribution in [3.05, 3.63) is 92.1 Å². The fourth-order valence-corrected chi connectivity index (χ4v) is 4.24. The highest BCUT2D eigenvalue weighted by molar-refractivity contribution is 7.19. The number of carbonyl (C=O) groups excluding carboxylic acids is 2. The average Bonchev–Trinajstić information content (AvgIpc) is 3.12. The first kappa shape index (κ1) is 21.4. The van der Waals surface area contributed by atoms with Crippen molar-refractivity contribution in [1.29, 1.82) is 0 Å². The Morgan fingerprint density at radius 3 is 2.25 bits per heavy atom. The van der Waals surface area contributed by atoms with Crippen LogP contribution in [0.4, 0.5) is 15.8 Å². The number of carbonyl (C=O) groups is 2. The molecule has 0 saturated carbocycles. The molecule has 0 spiro atoms. The summed E-state index contributed by atoms with van der Waals surface area (Å²) in [7, 11) is 0. The van der Waals surface area contributed by atoms with Gasteiger partial charge in [0.05, 0.1) is 0 Å². The maximum Gasteiger partial charge on any atom is 0.274 e. The molecule has 2 amide bonds. The maximum absolute atomic E-state index is 13.2. The number of thiazole rings is 1. The smallest absolute Gasteiger partial charge is 0.274 e. The van der Waals surface area contributed by atoms with E-state index in [-0.39, 0.29) is 15.5 Å². The molecule has 0 aliphatic heterocycles. The SMILES string of the molecule is Cc1cc(=O)n2c(C(=O)Nc3ccc(C)c(C)c3)c(C(=O)Nc3ccc(F)cc3)sc2n1. The van der Waals surface area contributed by atoms with E-state index in [0.29, 0.717) is 17.1 Å². The molecule has 0 aliphatic rings. The van der Waals surface area contributed by atoms with Gasteiger partial charge in [0.15, 0.2) is 4.96 Å². The fourth-order valence-electron chi connectivity index (χ4n) is 3.18. The minimum atomic E-state index is -0.614. The van der Waals surface area contributed by atoms with Gasteiger partial charge in [-0.1, -0.05) is 17.4 Å². The van der Waals surface area contributed by atoms with Crippen LogP contribution >= 0.6 is 11.3 Å². The van der Waals surface area contributed by atoms with Crippen molar-refractivity contribution in [2.24, 2.45) is 0 Å². The molecule has 2 N–H and O–H groups in total. The molecule has 0 unspecified atom stereocenters. The Kier molecular flexibility index (Phi) is 5.58. The Hall–Kier alpha value is -3.85. The summed E-state index contributed by atoms with van der Waals surface area (Å²) in [6.07, 6.45) is 0. The summed E-state index contributed by atoms with van der Waals surface area (Å²) < 4.78 is 14.3. The standard InChI is InChI=1S/C23H19FN4O3S/c1-12-4-7-17(10-13(12)2)27-21(30)19-20(22(31)26-16-8-5-15(24)6-9-16)32-23-25-14(3)11-18(29)28(19)23/h4-11H,1-3H3,(H,26,31)(H,27,30). The molecule has 0 fully saturated rings. The number of hydrogen-bond donors (Lipinski definition) is 2. The van der Waals surface area contributed by atoms with E-state index >= 15 is 0 Å². The molecule has 0 saturated heterocycles. The molecule has 2 heterocycles. The third kappa shape index (κ3) is 4.15. The van der Waals surface area contributed by atoms with E-state index in [0.717, 1.165) is 26.9 Å². The highest BCUT2D eigenvalue weighted by atomic mass is 32.1. The Bertz CT molecular complexity index is 1420. The Balaban J connectivity index is 1.79. The number of nitrogens with one attached hydrogen (secondary N) is 2. The van der Waals surface area contributed by atoms with Crippen LogP contribution in [0.15, 0.2) is 53.3 Å². The molecule has 162 valence electrons. The zero-order valence-corrected chi connectivity index (χ0v) is 18.3. The van der Waals surface area contributed by atoms with Crippen molar-refractivity contribution in [1.82, 2.24) is 9.38 Å². The number of aromatic nitrogens is 2. The molecule has 7 nitrogen and oxygen atoms in total. The Morgan fingerprint density at radius 1 is 0.906 bits per heavy atom. The van der Waals surface area contributed by atoms with Crippen LogP contribution in [0.25, 0.3) is 4.96 Å². The van der Waals surface area contributed by atoms with E-state index in [1.54, 1.807) is 13.0 Å². The van der Waals surface area contributed by atoms with Gasteiger partial charge < -0.3 is 10.6 Å². The van der Waals surface area contributed by atoms with Gasteiger partial charge in [-0.05, 0) is 68.3 Å². The highest BCUT2D eigenvalue weighted by Crippen LogP contribution is 2.24. The van der Waals surface area contributed by atoms with Gasteiger partial charge >= 0.3 is 0 Å². The number of halogens is 1. The molecular formula is C23H19FN4O3S. The van der Waals surface area contributed by atoms with Crippen LogP contribution < -0.4 is 16.2 Å². The van der Waals surface area contributed by atoms with E-state index in [4.69, 9.17) is 0 Å². The fraction of sp³-hybridized carbons (Fsp3) is 0.130. The molecule has 2 aromatic heterocycles. The van der Waals surface area contributed by atoms with Crippen molar-refractivity contribution in [3.63, 3.8) is 0 Å². The lowest BCUT2D eigenvalue weighted by Gasteiger charge is -2.09. The monoisotopic (exact) mass is 450 g/mol. The van der Waals surface area contributed by atoms with E-state index in [2.05, 4.69) is 15.6 Å². The number of aryl methyl sites for hydroxylation is 3. The number of nitrogens with zero attached hydrogens (tertiary/aromatic N) is 2. The first-order valence-electron chi connectivity index (χ1n) is 9.71. The van der Waals surface area contributed by atoms with Gasteiger partial charge in [0.1, 0.15) is 16.4 Å². The minimum Gasteiger partial charge on any atom is -0.321 e. The number of rotatable bonds is 4. The molecule has 2 aromatic carbocycles. The largest absolute Gasteiger partial charge is 0.321 e. The first-order valence-corrected chi connectivity index (χ1v) is 10.5. The van der Waals surface area contributed by atoms with E-state index in [1.165, 1.54) is 30.3 Å². The van der Waals surface area contributed by atoms with Crippen LogP contribution in [0.3, 0.4) is 0 Å². The summed E-state index contributed by atoms with van der Waals surface area (Å²) in [6.45, 7) is 5.54. The van der Waals surface area contributed by atoms with Crippen molar-refractivity contribution < 1.29 is 14.0 Å². The maximum atomic E-state index is 13.2. The van der Waals surface area contributed by atoms with E-state index < -0.39 is 23.2 Å². The predicted octanol–water partition coefficient (Wildman–Crippen LogP) is 4.32. The normalized spacial score (nSPS) is 10.9. The number of amides is 2. The van der Waals surface area contributed by atoms with Crippen LogP contribution in [0.2, 0.25) is 0 Å². The van der Waals surface area contributed by atoms with Gasteiger partial charge in [-0.25, -0.2) is 13.8 Å². The molecule has 0 bridgehead atoms. The average molecular weight is 450 g/mol. The molecule has 32 heavy (non-hydrogen) atoms. The van der Waals surface area contributed by atoms with Crippen molar-refractivity contribution in [2.75, 3.05) is 10.6 Å². The minimum absolute atomic E-state index is 0.0193. The van der Waals surface area contributed by atoms with E-state index in [9.17, 15) is 18.8 Å². The number of anilines is 2.